The number of hydrogen-bond acceptors (Lipinski definition) is 5. The summed E-state index contributed by atoms with van der Waals surface area (Å²) in [6.07, 6.45) is 0.339. The summed E-state index contributed by atoms with van der Waals surface area (Å²) in [5.74, 6) is -1.03. The van der Waals surface area contributed by atoms with Crippen LogP contribution in [0.5, 0.6) is 0 Å². The Labute approximate surface area is 187 Å². The van der Waals surface area contributed by atoms with Crippen LogP contribution < -0.4 is 10.6 Å². The Hall–Kier alpha value is -3.24. The number of carbonyl (C=O) groups excluding carboxylic acids is 3. The maximum atomic E-state index is 12.6. The van der Waals surface area contributed by atoms with Gasteiger partial charge in [-0.05, 0) is 29.8 Å². The lowest BCUT2D eigenvalue weighted by Gasteiger charge is -2.18. The van der Waals surface area contributed by atoms with E-state index in [9.17, 15) is 22.8 Å². The van der Waals surface area contributed by atoms with E-state index >= 15 is 0 Å². The molecular formula is C22H26N4O5S. The van der Waals surface area contributed by atoms with Gasteiger partial charge in [-0.15, -0.1) is 0 Å². The average Bonchev–Trinajstić information content (AvgIpc) is 3.03. The predicted octanol–water partition coefficient (Wildman–Crippen LogP) is 1.82. The molecule has 4 amide bonds. The Balaban J connectivity index is 1.61. The van der Waals surface area contributed by atoms with Crippen LogP contribution in [0.3, 0.4) is 0 Å². The van der Waals surface area contributed by atoms with Crippen molar-refractivity contribution in [3.8, 4) is 0 Å². The highest BCUT2D eigenvalue weighted by molar-refractivity contribution is 7.89. The zero-order valence-corrected chi connectivity index (χ0v) is 18.8. The highest BCUT2D eigenvalue weighted by Gasteiger charge is 2.38. The summed E-state index contributed by atoms with van der Waals surface area (Å²) in [6, 6.07) is 13.7. The first-order valence-corrected chi connectivity index (χ1v) is 11.8. The van der Waals surface area contributed by atoms with Gasteiger partial charge in [-0.2, -0.15) is 4.31 Å². The van der Waals surface area contributed by atoms with Gasteiger partial charge in [0.15, 0.2) is 0 Å². The molecule has 2 N–H and O–H groups in total. The van der Waals surface area contributed by atoms with Crippen molar-refractivity contribution in [1.82, 2.24) is 14.5 Å². The first-order valence-electron chi connectivity index (χ1n) is 10.3. The molecule has 0 saturated carbocycles. The molecule has 9 nitrogen and oxygen atoms in total. The van der Waals surface area contributed by atoms with E-state index in [-0.39, 0.29) is 4.90 Å². The van der Waals surface area contributed by atoms with E-state index in [0.717, 1.165) is 10.5 Å². The number of nitrogens with one attached hydrogen (secondary N) is 2. The Morgan fingerprint density at radius 1 is 1.03 bits per heavy atom. The molecule has 1 aliphatic heterocycles. The molecule has 0 spiro atoms. The zero-order chi connectivity index (χ0) is 23.3. The fraction of sp³-hybridized carbons (Fsp3) is 0.318. The molecule has 2 aromatic rings. The van der Waals surface area contributed by atoms with E-state index in [1.54, 1.807) is 13.8 Å². The maximum Gasteiger partial charge on any atom is 0.325 e. The van der Waals surface area contributed by atoms with E-state index in [1.807, 2.05) is 30.3 Å². The molecule has 1 fully saturated rings. The number of imide groups is 1. The Bertz CT molecular complexity index is 1080. The molecule has 170 valence electrons. The van der Waals surface area contributed by atoms with Gasteiger partial charge in [-0.3, -0.25) is 14.5 Å². The van der Waals surface area contributed by atoms with E-state index in [2.05, 4.69) is 10.6 Å². The van der Waals surface area contributed by atoms with Crippen LogP contribution in [0.15, 0.2) is 59.5 Å². The maximum absolute atomic E-state index is 12.6. The molecule has 32 heavy (non-hydrogen) atoms. The summed E-state index contributed by atoms with van der Waals surface area (Å²) in [5.41, 5.74) is 1.26. The standard InChI is InChI=1S/C22H26N4O5S/c1-3-25(4-2)32(30,31)18-12-10-17(11-13-18)23-20(27)15-26-21(28)19(24-22(26)29)14-16-8-6-5-7-9-16/h5-13,19H,3-4,14-15H2,1-2H3,(H,23,27)(H,24,29)/t19-/m1/s1. The van der Waals surface area contributed by atoms with Crippen molar-refractivity contribution in [2.75, 3.05) is 25.0 Å². The number of sulfonamides is 1. The summed E-state index contributed by atoms with van der Waals surface area (Å²) in [5, 5.41) is 5.19. The monoisotopic (exact) mass is 458 g/mol. The van der Waals surface area contributed by atoms with Crippen LogP contribution in [0.4, 0.5) is 10.5 Å². The van der Waals surface area contributed by atoms with Crippen molar-refractivity contribution >= 4 is 33.6 Å². The minimum absolute atomic E-state index is 0.122. The van der Waals surface area contributed by atoms with Crippen LogP contribution in [-0.4, -0.2) is 61.1 Å². The Morgan fingerprint density at radius 3 is 2.25 bits per heavy atom. The minimum Gasteiger partial charge on any atom is -0.325 e. The predicted molar refractivity (Wildman–Crippen MR) is 119 cm³/mol. The second kappa shape index (κ2) is 9.92. The lowest BCUT2D eigenvalue weighted by atomic mass is 10.1. The molecule has 0 radical (unpaired) electrons. The zero-order valence-electron chi connectivity index (χ0n) is 17.9. The van der Waals surface area contributed by atoms with Crippen molar-refractivity contribution in [3.63, 3.8) is 0 Å². The summed E-state index contributed by atoms with van der Waals surface area (Å²) < 4.78 is 26.4. The highest BCUT2D eigenvalue weighted by Crippen LogP contribution is 2.19. The van der Waals surface area contributed by atoms with Gasteiger partial charge in [0.25, 0.3) is 5.91 Å². The first-order chi connectivity index (χ1) is 15.3. The van der Waals surface area contributed by atoms with Crippen LogP contribution in [0.25, 0.3) is 0 Å². The molecule has 1 heterocycles. The molecule has 0 bridgehead atoms. The first kappa shape index (κ1) is 23.4. The van der Waals surface area contributed by atoms with Crippen LogP contribution in [-0.2, 0) is 26.0 Å². The fourth-order valence-corrected chi connectivity index (χ4v) is 4.94. The average molecular weight is 459 g/mol. The third-order valence-electron chi connectivity index (χ3n) is 5.17. The van der Waals surface area contributed by atoms with Gasteiger partial charge in [0.1, 0.15) is 12.6 Å². The Kier molecular flexibility index (Phi) is 7.26. The molecule has 0 aromatic heterocycles. The van der Waals surface area contributed by atoms with Crippen molar-refractivity contribution < 1.29 is 22.8 Å². The SMILES string of the molecule is CCN(CC)S(=O)(=O)c1ccc(NC(=O)CN2C(=O)N[C@H](Cc3ccccc3)C2=O)cc1. The fourth-order valence-electron chi connectivity index (χ4n) is 3.48. The highest BCUT2D eigenvalue weighted by atomic mass is 32.2. The number of hydrogen-bond donors (Lipinski definition) is 2. The van der Waals surface area contributed by atoms with Gasteiger partial charge in [0, 0.05) is 25.2 Å². The topological polar surface area (TPSA) is 116 Å². The number of benzene rings is 2. The van der Waals surface area contributed by atoms with Gasteiger partial charge in [0.05, 0.1) is 4.90 Å². The number of urea groups is 1. The third-order valence-corrected chi connectivity index (χ3v) is 7.24. The smallest absolute Gasteiger partial charge is 0.325 e. The van der Waals surface area contributed by atoms with E-state index in [4.69, 9.17) is 0 Å². The minimum atomic E-state index is -3.60. The normalized spacial score (nSPS) is 16.3. The van der Waals surface area contributed by atoms with Crippen LogP contribution in [0, 0.1) is 0 Å². The molecule has 0 aliphatic carbocycles. The van der Waals surface area contributed by atoms with Gasteiger partial charge >= 0.3 is 6.03 Å². The number of nitrogens with zero attached hydrogens (tertiary/aromatic N) is 2. The third kappa shape index (κ3) is 5.14. The van der Waals surface area contributed by atoms with Crippen molar-refractivity contribution in [2.24, 2.45) is 0 Å². The lowest BCUT2D eigenvalue weighted by molar-refractivity contribution is -0.130. The Morgan fingerprint density at radius 2 is 1.66 bits per heavy atom. The van der Waals surface area contributed by atoms with E-state index in [0.29, 0.717) is 25.2 Å². The van der Waals surface area contributed by atoms with Gasteiger partial charge in [-0.1, -0.05) is 44.2 Å². The molecule has 1 saturated heterocycles. The second-order valence-corrected chi connectivity index (χ2v) is 9.22. The quantitative estimate of drug-likeness (QED) is 0.556. The van der Waals surface area contributed by atoms with Crippen molar-refractivity contribution in [2.45, 2.75) is 31.2 Å². The molecule has 1 atom stereocenters. The largest absolute Gasteiger partial charge is 0.325 e. The lowest BCUT2D eigenvalue weighted by Crippen LogP contribution is -2.38. The molecule has 2 aromatic carbocycles. The van der Waals surface area contributed by atoms with Crippen molar-refractivity contribution in [1.29, 1.82) is 0 Å². The van der Waals surface area contributed by atoms with Crippen LogP contribution in [0.1, 0.15) is 19.4 Å². The second-order valence-electron chi connectivity index (χ2n) is 7.28. The van der Waals surface area contributed by atoms with E-state index in [1.165, 1.54) is 28.6 Å². The summed E-state index contributed by atoms with van der Waals surface area (Å²) in [6.45, 7) is 3.80. The molecule has 10 heteroatoms. The van der Waals surface area contributed by atoms with Crippen LogP contribution >= 0.6 is 0 Å². The van der Waals surface area contributed by atoms with Crippen LogP contribution in [0.2, 0.25) is 0 Å². The van der Waals surface area contributed by atoms with Gasteiger partial charge in [0.2, 0.25) is 15.9 Å². The molecule has 3 rings (SSSR count). The number of carbonyl (C=O) groups is 3. The number of rotatable bonds is 9. The van der Waals surface area contributed by atoms with Gasteiger partial charge < -0.3 is 10.6 Å². The van der Waals surface area contributed by atoms with Crippen molar-refractivity contribution in [3.05, 3.63) is 60.2 Å². The number of amides is 4. The molecule has 0 unspecified atom stereocenters. The molecule has 1 aliphatic rings. The van der Waals surface area contributed by atoms with E-state index < -0.39 is 40.5 Å². The summed E-state index contributed by atoms with van der Waals surface area (Å²) >= 11 is 0. The number of anilines is 1. The summed E-state index contributed by atoms with van der Waals surface area (Å²) in [7, 11) is -3.60. The van der Waals surface area contributed by atoms with Gasteiger partial charge in [-0.25, -0.2) is 13.2 Å². The summed E-state index contributed by atoms with van der Waals surface area (Å²) in [4.78, 5) is 38.2. The molecular weight excluding hydrogens is 432 g/mol.